The third kappa shape index (κ3) is 9.51. The second-order valence-corrected chi connectivity index (χ2v) is 8.14. The Balaban J connectivity index is 0.00000218. The van der Waals surface area contributed by atoms with E-state index in [1.807, 2.05) is 53.7 Å². The first kappa shape index (κ1) is 25.8. The highest BCUT2D eigenvalue weighted by Crippen LogP contribution is 2.17. The lowest BCUT2D eigenvalue weighted by Gasteiger charge is -2.27. The Kier molecular flexibility index (Phi) is 11.3. The highest BCUT2D eigenvalue weighted by molar-refractivity contribution is 5.97. The number of ether oxygens (including phenoxy) is 3. The minimum Gasteiger partial charge on any atom is -0.494 e. The van der Waals surface area contributed by atoms with E-state index in [2.05, 4.69) is 24.1 Å². The number of hydrogen-bond acceptors (Lipinski definition) is 5. The Labute approximate surface area is 182 Å². The maximum atomic E-state index is 12.2. The van der Waals surface area contributed by atoms with E-state index in [-0.39, 0.29) is 6.09 Å². The molecule has 0 saturated heterocycles. The molecule has 0 aromatic carbocycles. The highest BCUT2D eigenvalue weighted by atomic mass is 16.6. The van der Waals surface area contributed by atoms with Crippen molar-refractivity contribution in [3.63, 3.8) is 0 Å². The lowest BCUT2D eigenvalue weighted by Crippen LogP contribution is -2.37. The monoisotopic (exact) mass is 420 g/mol. The molecule has 1 aliphatic heterocycles. The molecule has 0 N–H and O–H groups in total. The highest BCUT2D eigenvalue weighted by Gasteiger charge is 2.21. The molecule has 1 atom stereocenters. The molecule has 0 saturated carbocycles. The summed E-state index contributed by atoms with van der Waals surface area (Å²) in [6.45, 7) is 17.0. The first-order chi connectivity index (χ1) is 14.3. The van der Waals surface area contributed by atoms with Crippen LogP contribution in [-0.2, 0) is 14.2 Å². The Hall–Kier alpha value is -2.24. The number of hydrogen-bond donors (Lipinski definition) is 0. The molecular weight excluding hydrogens is 380 g/mol. The molecule has 6 heteroatoms. The van der Waals surface area contributed by atoms with Crippen LogP contribution in [0.5, 0.6) is 0 Å². The van der Waals surface area contributed by atoms with Crippen molar-refractivity contribution in [3.8, 4) is 0 Å². The summed E-state index contributed by atoms with van der Waals surface area (Å²) in [5, 5.41) is 0. The van der Waals surface area contributed by atoms with E-state index in [0.29, 0.717) is 32.2 Å². The zero-order chi connectivity index (χ0) is 22.6. The third-order valence-corrected chi connectivity index (χ3v) is 4.38. The summed E-state index contributed by atoms with van der Waals surface area (Å²) in [5.74, 6) is 1.90. The van der Waals surface area contributed by atoms with Crippen LogP contribution in [0.4, 0.5) is 4.79 Å². The van der Waals surface area contributed by atoms with Gasteiger partial charge in [-0.1, -0.05) is 26.8 Å². The Bertz CT molecular complexity index is 657. The molecule has 0 aromatic heterocycles. The van der Waals surface area contributed by atoms with Gasteiger partial charge in [0.2, 0.25) is 5.90 Å². The fourth-order valence-corrected chi connectivity index (χ4v) is 2.79. The summed E-state index contributed by atoms with van der Waals surface area (Å²) in [7, 11) is 0. The van der Waals surface area contributed by atoms with Crippen LogP contribution in [0, 0.1) is 5.92 Å². The van der Waals surface area contributed by atoms with Gasteiger partial charge in [0, 0.05) is 18.7 Å². The summed E-state index contributed by atoms with van der Waals surface area (Å²) in [5.41, 5.74) is 0.538. The van der Waals surface area contributed by atoms with E-state index >= 15 is 0 Å². The maximum absolute atomic E-state index is 12.2. The molecule has 1 unspecified atom stereocenters. The molecule has 0 spiro atoms. The summed E-state index contributed by atoms with van der Waals surface area (Å²) in [6, 6.07) is 0. The van der Waals surface area contributed by atoms with E-state index in [0.717, 1.165) is 36.6 Å². The van der Waals surface area contributed by atoms with Crippen molar-refractivity contribution < 1.29 is 19.0 Å². The molecule has 1 heterocycles. The first-order valence-electron chi connectivity index (χ1n) is 11.1. The first-order valence-corrected chi connectivity index (χ1v) is 11.1. The Morgan fingerprint density at radius 3 is 2.60 bits per heavy atom. The van der Waals surface area contributed by atoms with E-state index in [1.165, 1.54) is 0 Å². The maximum Gasteiger partial charge on any atom is 0.410 e. The molecule has 170 valence electrons. The number of aliphatic imine (C=N–C) groups is 1. The van der Waals surface area contributed by atoms with Gasteiger partial charge in [0.05, 0.1) is 13.2 Å². The largest absolute Gasteiger partial charge is 0.494 e. The van der Waals surface area contributed by atoms with Gasteiger partial charge in [-0.15, -0.1) is 0 Å². The molecule has 1 aliphatic carbocycles. The molecule has 1 amide bonds. The normalized spacial score (nSPS) is 16.7. The number of nitrogens with zero attached hydrogens (tertiary/aromatic N) is 2. The molecule has 30 heavy (non-hydrogen) atoms. The Morgan fingerprint density at radius 2 is 2.00 bits per heavy atom. The van der Waals surface area contributed by atoms with Gasteiger partial charge in [-0.2, -0.15) is 0 Å². The lowest BCUT2D eigenvalue weighted by molar-refractivity contribution is 0.0245. The molecule has 0 radical (unpaired) electrons. The molecule has 0 bridgehead atoms. The quantitative estimate of drug-likeness (QED) is 0.519. The van der Waals surface area contributed by atoms with Gasteiger partial charge in [-0.25, -0.2) is 9.79 Å². The fraction of sp³-hybridized carbons (Fsp3) is 0.667. The average molecular weight is 421 g/mol. The SMILES string of the molecule is CC.CCN(CCC(C)COC1=CCC=C(C2=NCCO2)C=C1)C(=O)OC(C)(C)C. The van der Waals surface area contributed by atoms with E-state index in [1.54, 1.807) is 4.90 Å². The van der Waals surface area contributed by atoms with Crippen LogP contribution < -0.4 is 0 Å². The number of carbonyl (C=O) groups is 1. The van der Waals surface area contributed by atoms with Crippen LogP contribution in [0.1, 0.15) is 61.3 Å². The lowest BCUT2D eigenvalue weighted by atomic mass is 10.1. The van der Waals surface area contributed by atoms with Crippen LogP contribution >= 0.6 is 0 Å². The summed E-state index contributed by atoms with van der Waals surface area (Å²) < 4.78 is 16.9. The number of allylic oxidation sites excluding steroid dienone is 3. The number of amides is 1. The van der Waals surface area contributed by atoms with Crippen LogP contribution in [-0.4, -0.2) is 55.3 Å². The molecule has 0 fully saturated rings. The minimum atomic E-state index is -0.473. The van der Waals surface area contributed by atoms with E-state index < -0.39 is 5.60 Å². The predicted octanol–water partition coefficient (Wildman–Crippen LogP) is 5.51. The van der Waals surface area contributed by atoms with E-state index in [9.17, 15) is 4.79 Å². The van der Waals surface area contributed by atoms with Gasteiger partial charge in [0.1, 0.15) is 18.0 Å². The summed E-state index contributed by atoms with van der Waals surface area (Å²) in [6.07, 6.45) is 9.51. The number of rotatable bonds is 8. The van der Waals surface area contributed by atoms with Crippen LogP contribution in [0.3, 0.4) is 0 Å². The molecule has 2 aliphatic rings. The number of carbonyl (C=O) groups excluding carboxylic acids is 1. The minimum absolute atomic E-state index is 0.256. The van der Waals surface area contributed by atoms with Crippen molar-refractivity contribution in [3.05, 3.63) is 35.6 Å². The van der Waals surface area contributed by atoms with Gasteiger partial charge in [-0.05, 0) is 64.7 Å². The van der Waals surface area contributed by atoms with Gasteiger partial charge >= 0.3 is 6.09 Å². The van der Waals surface area contributed by atoms with Gasteiger partial charge in [-0.3, -0.25) is 0 Å². The summed E-state index contributed by atoms with van der Waals surface area (Å²) in [4.78, 5) is 18.3. The van der Waals surface area contributed by atoms with Crippen molar-refractivity contribution in [2.75, 3.05) is 32.8 Å². The van der Waals surface area contributed by atoms with Crippen molar-refractivity contribution in [2.24, 2.45) is 10.9 Å². The second-order valence-electron chi connectivity index (χ2n) is 8.14. The predicted molar refractivity (Wildman–Crippen MR) is 123 cm³/mol. The van der Waals surface area contributed by atoms with Crippen LogP contribution in [0.25, 0.3) is 0 Å². The van der Waals surface area contributed by atoms with Crippen molar-refractivity contribution in [1.29, 1.82) is 0 Å². The van der Waals surface area contributed by atoms with Crippen LogP contribution in [0.15, 0.2) is 40.6 Å². The van der Waals surface area contributed by atoms with Crippen LogP contribution in [0.2, 0.25) is 0 Å². The van der Waals surface area contributed by atoms with E-state index in [4.69, 9.17) is 14.2 Å². The standard InChI is InChI=1S/C22H34N2O4.C2H6/c1-6-24(21(25)28-22(3,4)5)14-12-17(2)16-27-19-9-7-8-18(10-11-19)20-23-13-15-26-20;1-2/h8-11,17H,6-7,12-16H2,1-5H3;1-2H3. The fourth-order valence-electron chi connectivity index (χ4n) is 2.79. The van der Waals surface area contributed by atoms with Crippen molar-refractivity contribution in [1.82, 2.24) is 4.90 Å². The molecule has 2 rings (SSSR count). The zero-order valence-corrected chi connectivity index (χ0v) is 19.9. The van der Waals surface area contributed by atoms with Crippen molar-refractivity contribution >= 4 is 12.0 Å². The van der Waals surface area contributed by atoms with Gasteiger partial charge in [0.15, 0.2) is 0 Å². The third-order valence-electron chi connectivity index (χ3n) is 4.38. The topological polar surface area (TPSA) is 60.4 Å². The van der Waals surface area contributed by atoms with Gasteiger partial charge in [0.25, 0.3) is 0 Å². The summed E-state index contributed by atoms with van der Waals surface area (Å²) >= 11 is 0. The van der Waals surface area contributed by atoms with Crippen molar-refractivity contribution in [2.45, 2.75) is 66.9 Å². The molecule has 0 aromatic rings. The molecule has 6 nitrogen and oxygen atoms in total. The smallest absolute Gasteiger partial charge is 0.410 e. The van der Waals surface area contributed by atoms with Gasteiger partial charge < -0.3 is 19.1 Å². The average Bonchev–Trinajstić information content (AvgIpc) is 3.13. The Morgan fingerprint density at radius 1 is 1.27 bits per heavy atom. The molecular formula is C24H40N2O4. The zero-order valence-electron chi connectivity index (χ0n) is 19.9. The second kappa shape index (κ2) is 13.1.